The molecule has 92 valence electrons. The molecule has 0 unspecified atom stereocenters. The number of nitrogens with zero attached hydrogens (tertiary/aromatic N) is 2. The summed E-state index contributed by atoms with van der Waals surface area (Å²) in [5.74, 6) is 0.288. The quantitative estimate of drug-likeness (QED) is 0.721. The third-order valence-electron chi connectivity index (χ3n) is 3.31. The Labute approximate surface area is 105 Å². The minimum absolute atomic E-state index is 0.288. The Kier molecular flexibility index (Phi) is 2.45. The number of aromatic hydroxyl groups is 1. The van der Waals surface area contributed by atoms with Crippen molar-refractivity contribution in [1.82, 2.24) is 9.38 Å². The highest BCUT2D eigenvalue weighted by Crippen LogP contribution is 2.28. The van der Waals surface area contributed by atoms with Gasteiger partial charge in [0.05, 0.1) is 5.69 Å². The first-order valence-corrected chi connectivity index (χ1v) is 6.00. The zero-order valence-electron chi connectivity index (χ0n) is 10.2. The Morgan fingerprint density at radius 2 is 2.11 bits per heavy atom. The van der Waals surface area contributed by atoms with Crippen LogP contribution in [0.25, 0.3) is 16.4 Å². The number of hydrogen-bond acceptors (Lipinski definition) is 3. The fraction of sp³-hybridized carbons (Fsp3) is 0.214. The van der Waals surface area contributed by atoms with Gasteiger partial charge in [0, 0.05) is 29.1 Å². The van der Waals surface area contributed by atoms with Gasteiger partial charge in [-0.2, -0.15) is 0 Å². The van der Waals surface area contributed by atoms with E-state index in [-0.39, 0.29) is 5.75 Å². The van der Waals surface area contributed by atoms with E-state index in [9.17, 15) is 5.11 Å². The molecule has 0 atom stereocenters. The molecule has 4 heteroatoms. The fourth-order valence-electron chi connectivity index (χ4n) is 2.44. The molecule has 3 aromatic rings. The lowest BCUT2D eigenvalue weighted by Gasteiger charge is -2.04. The maximum Gasteiger partial charge on any atom is 0.145 e. The summed E-state index contributed by atoms with van der Waals surface area (Å²) in [6.45, 7) is 2.60. The number of rotatable bonds is 2. The monoisotopic (exact) mass is 241 g/mol. The van der Waals surface area contributed by atoms with Crippen molar-refractivity contribution in [2.24, 2.45) is 5.73 Å². The minimum atomic E-state index is 0.288. The first-order chi connectivity index (χ1) is 8.72. The predicted molar refractivity (Wildman–Crippen MR) is 71.9 cm³/mol. The van der Waals surface area contributed by atoms with E-state index in [0.717, 1.165) is 34.2 Å². The van der Waals surface area contributed by atoms with Crippen molar-refractivity contribution < 1.29 is 5.11 Å². The fourth-order valence-corrected chi connectivity index (χ4v) is 2.44. The van der Waals surface area contributed by atoms with Crippen LogP contribution in [-0.2, 0) is 6.42 Å². The molecule has 4 nitrogen and oxygen atoms in total. The normalized spacial score (nSPS) is 11.4. The number of hydrogen-bond donors (Lipinski definition) is 2. The van der Waals surface area contributed by atoms with Crippen molar-refractivity contribution in [3.8, 4) is 5.75 Å². The van der Waals surface area contributed by atoms with E-state index in [4.69, 9.17) is 5.73 Å². The topological polar surface area (TPSA) is 63.5 Å². The van der Waals surface area contributed by atoms with E-state index < -0.39 is 0 Å². The number of pyridine rings is 1. The summed E-state index contributed by atoms with van der Waals surface area (Å²) in [4.78, 5) is 4.60. The van der Waals surface area contributed by atoms with E-state index in [1.165, 1.54) is 0 Å². The second kappa shape index (κ2) is 3.99. The molecule has 0 saturated heterocycles. The van der Waals surface area contributed by atoms with Gasteiger partial charge in [0.2, 0.25) is 0 Å². The maximum atomic E-state index is 9.85. The number of imidazole rings is 1. The van der Waals surface area contributed by atoms with Crippen LogP contribution in [-0.4, -0.2) is 21.0 Å². The zero-order chi connectivity index (χ0) is 12.7. The Hall–Kier alpha value is -2.07. The largest absolute Gasteiger partial charge is 0.507 e. The molecular weight excluding hydrogens is 226 g/mol. The second-order valence-electron chi connectivity index (χ2n) is 4.43. The summed E-state index contributed by atoms with van der Waals surface area (Å²) in [6, 6.07) is 7.42. The van der Waals surface area contributed by atoms with E-state index in [2.05, 4.69) is 9.38 Å². The van der Waals surface area contributed by atoms with Gasteiger partial charge < -0.3 is 15.2 Å². The molecule has 18 heavy (non-hydrogen) atoms. The Balaban J connectivity index is 2.42. The van der Waals surface area contributed by atoms with Crippen LogP contribution in [0.1, 0.15) is 11.4 Å². The zero-order valence-corrected chi connectivity index (χ0v) is 10.2. The van der Waals surface area contributed by atoms with Crippen molar-refractivity contribution in [3.05, 3.63) is 41.9 Å². The lowest BCUT2D eigenvalue weighted by molar-refractivity contribution is 0.481. The summed E-state index contributed by atoms with van der Waals surface area (Å²) in [6.07, 6.45) is 2.75. The number of aryl methyl sites for hydroxylation is 1. The molecule has 0 spiro atoms. The first-order valence-electron chi connectivity index (χ1n) is 6.00. The highest BCUT2D eigenvalue weighted by atomic mass is 16.3. The average Bonchev–Trinajstić information content (AvgIpc) is 2.68. The van der Waals surface area contributed by atoms with Gasteiger partial charge in [-0.25, -0.2) is 4.98 Å². The SMILES string of the molecule is Cc1nc2c3cccc(O)c3ccn2c1CCN. The van der Waals surface area contributed by atoms with Crippen LogP contribution >= 0.6 is 0 Å². The molecule has 0 bridgehead atoms. The van der Waals surface area contributed by atoms with Gasteiger partial charge in [0.1, 0.15) is 11.4 Å². The van der Waals surface area contributed by atoms with Gasteiger partial charge in [0.15, 0.2) is 0 Å². The molecule has 0 aliphatic heterocycles. The molecule has 2 aromatic heterocycles. The molecule has 3 N–H and O–H groups in total. The highest BCUT2D eigenvalue weighted by Gasteiger charge is 2.11. The van der Waals surface area contributed by atoms with Crippen molar-refractivity contribution in [1.29, 1.82) is 0 Å². The van der Waals surface area contributed by atoms with Gasteiger partial charge in [0.25, 0.3) is 0 Å². The molecule has 3 rings (SSSR count). The average molecular weight is 241 g/mol. The number of aromatic nitrogens is 2. The molecule has 0 aliphatic carbocycles. The minimum Gasteiger partial charge on any atom is -0.507 e. The van der Waals surface area contributed by atoms with Crippen molar-refractivity contribution in [2.45, 2.75) is 13.3 Å². The van der Waals surface area contributed by atoms with Crippen LogP contribution in [0.3, 0.4) is 0 Å². The third kappa shape index (κ3) is 1.46. The van der Waals surface area contributed by atoms with Crippen molar-refractivity contribution in [3.63, 3.8) is 0 Å². The maximum absolute atomic E-state index is 9.85. The number of fused-ring (bicyclic) bond motifs is 3. The van der Waals surface area contributed by atoms with Gasteiger partial charge >= 0.3 is 0 Å². The van der Waals surface area contributed by atoms with E-state index in [1.54, 1.807) is 6.07 Å². The lowest BCUT2D eigenvalue weighted by atomic mass is 10.1. The van der Waals surface area contributed by atoms with Crippen LogP contribution in [0.4, 0.5) is 0 Å². The van der Waals surface area contributed by atoms with Gasteiger partial charge in [-0.15, -0.1) is 0 Å². The van der Waals surface area contributed by atoms with Gasteiger partial charge in [-0.1, -0.05) is 12.1 Å². The van der Waals surface area contributed by atoms with Crippen LogP contribution < -0.4 is 5.73 Å². The summed E-state index contributed by atoms with van der Waals surface area (Å²) in [5.41, 5.74) is 8.65. The van der Waals surface area contributed by atoms with Crippen molar-refractivity contribution in [2.75, 3.05) is 6.54 Å². The Morgan fingerprint density at radius 1 is 1.28 bits per heavy atom. The Bertz CT molecular complexity index is 731. The number of benzene rings is 1. The summed E-state index contributed by atoms with van der Waals surface area (Å²) in [5, 5.41) is 11.6. The number of nitrogens with two attached hydrogens (primary N) is 1. The number of phenolic OH excluding ortho intramolecular Hbond substituents is 1. The predicted octanol–water partition coefficient (Wildman–Crippen LogP) is 2.00. The highest BCUT2D eigenvalue weighted by molar-refractivity contribution is 5.97. The molecule has 2 heterocycles. The van der Waals surface area contributed by atoms with Crippen LogP contribution in [0.2, 0.25) is 0 Å². The van der Waals surface area contributed by atoms with Gasteiger partial charge in [-0.3, -0.25) is 0 Å². The van der Waals surface area contributed by atoms with E-state index in [0.29, 0.717) is 6.54 Å². The first kappa shape index (κ1) is 11.0. The molecule has 1 aromatic carbocycles. The van der Waals surface area contributed by atoms with Crippen LogP contribution in [0.5, 0.6) is 5.75 Å². The summed E-state index contributed by atoms with van der Waals surface area (Å²) < 4.78 is 2.06. The molecule has 0 radical (unpaired) electrons. The van der Waals surface area contributed by atoms with E-state index in [1.807, 2.05) is 31.3 Å². The molecule has 0 aliphatic rings. The van der Waals surface area contributed by atoms with Crippen molar-refractivity contribution >= 4 is 16.4 Å². The van der Waals surface area contributed by atoms with Crippen LogP contribution in [0.15, 0.2) is 30.5 Å². The lowest BCUT2D eigenvalue weighted by Crippen LogP contribution is -2.06. The second-order valence-corrected chi connectivity index (χ2v) is 4.43. The third-order valence-corrected chi connectivity index (χ3v) is 3.31. The number of phenols is 1. The smallest absolute Gasteiger partial charge is 0.145 e. The summed E-state index contributed by atoms with van der Waals surface area (Å²) in [7, 11) is 0. The molecule has 0 saturated carbocycles. The molecular formula is C14H15N3O. The Morgan fingerprint density at radius 3 is 2.89 bits per heavy atom. The standard InChI is InChI=1S/C14H15N3O/c1-9-12(5-7-15)17-8-6-10-11(14(17)16-9)3-2-4-13(10)18/h2-4,6,8,18H,5,7,15H2,1H3. The molecule has 0 fully saturated rings. The molecule has 0 amide bonds. The van der Waals surface area contributed by atoms with Crippen LogP contribution in [0, 0.1) is 6.92 Å². The summed E-state index contributed by atoms with van der Waals surface area (Å²) >= 11 is 0. The van der Waals surface area contributed by atoms with Gasteiger partial charge in [-0.05, 0) is 25.6 Å². The van der Waals surface area contributed by atoms with E-state index >= 15 is 0 Å².